The van der Waals surface area contributed by atoms with Crippen LogP contribution in [0.15, 0.2) is 48.5 Å². The number of halogens is 1. The second-order valence-corrected chi connectivity index (χ2v) is 8.47. The number of anilines is 2. The zero-order valence-corrected chi connectivity index (χ0v) is 17.2. The highest BCUT2D eigenvalue weighted by atomic mass is 35.5. The van der Waals surface area contributed by atoms with Gasteiger partial charge in [0.05, 0.1) is 6.04 Å². The lowest BCUT2D eigenvalue weighted by Crippen LogP contribution is -2.74. The Kier molecular flexibility index (Phi) is 4.25. The van der Waals surface area contributed by atoms with E-state index in [-0.39, 0.29) is 6.42 Å². The van der Waals surface area contributed by atoms with Crippen LogP contribution in [-0.4, -0.2) is 55.5 Å². The van der Waals surface area contributed by atoms with Crippen LogP contribution < -0.4 is 15.1 Å². The van der Waals surface area contributed by atoms with Gasteiger partial charge in [0.1, 0.15) is 0 Å². The predicted octanol–water partition coefficient (Wildman–Crippen LogP) is 2.29. The molecule has 1 spiro atoms. The lowest BCUT2D eigenvalue weighted by atomic mass is 9.67. The first-order chi connectivity index (χ1) is 14.4. The largest absolute Gasteiger partial charge is 0.368 e. The Morgan fingerprint density at radius 1 is 1.03 bits per heavy atom. The molecular formula is C22H21ClN4O3. The lowest BCUT2D eigenvalue weighted by Gasteiger charge is -2.55. The molecule has 3 aliphatic heterocycles. The van der Waals surface area contributed by atoms with Crippen molar-refractivity contribution >= 4 is 40.8 Å². The SMILES string of the molecule is CN1C(=O)NC(=O)[C@]2(Cc3ccccc3N3CCN(c4ccc(Cl)cc4)C[C@@H]32)C1=O. The number of carbonyl (C=O) groups excluding carboxylic acids is 3. The highest BCUT2D eigenvalue weighted by Crippen LogP contribution is 2.45. The fourth-order valence-electron chi connectivity index (χ4n) is 4.97. The molecule has 5 rings (SSSR count). The molecule has 0 aromatic heterocycles. The van der Waals surface area contributed by atoms with Gasteiger partial charge in [0, 0.05) is 43.1 Å². The third kappa shape index (κ3) is 2.61. The van der Waals surface area contributed by atoms with E-state index in [0.717, 1.165) is 28.4 Å². The normalized spacial score (nSPS) is 25.9. The van der Waals surface area contributed by atoms with Crippen LogP contribution in [0.2, 0.25) is 5.02 Å². The fourth-order valence-corrected chi connectivity index (χ4v) is 5.10. The average molecular weight is 425 g/mol. The minimum absolute atomic E-state index is 0.265. The van der Waals surface area contributed by atoms with E-state index in [9.17, 15) is 14.4 Å². The summed E-state index contributed by atoms with van der Waals surface area (Å²) in [6, 6.07) is 14.4. The van der Waals surface area contributed by atoms with Crippen LogP contribution in [0, 0.1) is 5.41 Å². The summed E-state index contributed by atoms with van der Waals surface area (Å²) in [5.74, 6) is -0.961. The number of imide groups is 2. The number of para-hydroxylation sites is 1. The number of benzene rings is 2. The number of carbonyl (C=O) groups is 3. The first-order valence-corrected chi connectivity index (χ1v) is 10.3. The van der Waals surface area contributed by atoms with E-state index in [0.29, 0.717) is 18.1 Å². The summed E-state index contributed by atoms with van der Waals surface area (Å²) in [6.07, 6.45) is 0.265. The topological polar surface area (TPSA) is 73.0 Å². The Morgan fingerprint density at radius 3 is 2.53 bits per heavy atom. The van der Waals surface area contributed by atoms with Gasteiger partial charge in [-0.3, -0.25) is 19.8 Å². The van der Waals surface area contributed by atoms with Crippen molar-refractivity contribution in [1.82, 2.24) is 10.2 Å². The van der Waals surface area contributed by atoms with Crippen molar-refractivity contribution in [3.63, 3.8) is 0 Å². The molecule has 154 valence electrons. The number of nitrogens with one attached hydrogen (secondary N) is 1. The molecule has 2 aromatic rings. The van der Waals surface area contributed by atoms with Crippen LogP contribution in [-0.2, 0) is 16.0 Å². The van der Waals surface area contributed by atoms with Gasteiger partial charge >= 0.3 is 6.03 Å². The molecule has 8 heteroatoms. The highest BCUT2D eigenvalue weighted by Gasteiger charge is 2.62. The van der Waals surface area contributed by atoms with Crippen LogP contribution >= 0.6 is 11.6 Å². The molecule has 1 N–H and O–H groups in total. The number of rotatable bonds is 1. The Labute approximate surface area is 179 Å². The van der Waals surface area contributed by atoms with Crippen molar-refractivity contribution < 1.29 is 14.4 Å². The molecule has 2 saturated heterocycles. The van der Waals surface area contributed by atoms with Crippen LogP contribution in [0.25, 0.3) is 0 Å². The lowest BCUT2D eigenvalue weighted by molar-refractivity contribution is -0.152. The van der Waals surface area contributed by atoms with E-state index in [2.05, 4.69) is 15.1 Å². The van der Waals surface area contributed by atoms with Gasteiger partial charge in [0.2, 0.25) is 11.8 Å². The zero-order valence-electron chi connectivity index (χ0n) is 16.5. The van der Waals surface area contributed by atoms with E-state index in [1.54, 1.807) is 0 Å². The average Bonchev–Trinajstić information content (AvgIpc) is 2.76. The first-order valence-electron chi connectivity index (χ1n) is 9.90. The molecule has 0 saturated carbocycles. The Hall–Kier alpha value is -3.06. The molecule has 2 atom stereocenters. The number of barbiturate groups is 1. The Balaban J connectivity index is 1.61. The predicted molar refractivity (Wildman–Crippen MR) is 114 cm³/mol. The second kappa shape index (κ2) is 6.74. The molecule has 2 aromatic carbocycles. The molecule has 4 amide bonds. The van der Waals surface area contributed by atoms with Gasteiger partial charge in [0.25, 0.3) is 0 Å². The summed E-state index contributed by atoms with van der Waals surface area (Å²) >= 11 is 6.04. The minimum Gasteiger partial charge on any atom is -0.368 e. The molecule has 3 heterocycles. The monoisotopic (exact) mass is 424 g/mol. The van der Waals surface area contributed by atoms with Gasteiger partial charge in [-0.2, -0.15) is 0 Å². The summed E-state index contributed by atoms with van der Waals surface area (Å²) in [5.41, 5.74) is 1.62. The number of nitrogens with zero attached hydrogens (tertiary/aromatic N) is 3. The maximum Gasteiger partial charge on any atom is 0.330 e. The number of hydrogen-bond donors (Lipinski definition) is 1. The van der Waals surface area contributed by atoms with Gasteiger partial charge in [-0.05, 0) is 42.3 Å². The molecule has 0 bridgehead atoms. The van der Waals surface area contributed by atoms with Gasteiger partial charge < -0.3 is 9.80 Å². The van der Waals surface area contributed by atoms with Crippen LogP contribution in [0.3, 0.4) is 0 Å². The zero-order chi connectivity index (χ0) is 21.0. The van der Waals surface area contributed by atoms with Crippen molar-refractivity contribution in [1.29, 1.82) is 0 Å². The van der Waals surface area contributed by atoms with Crippen LogP contribution in [0.4, 0.5) is 16.2 Å². The van der Waals surface area contributed by atoms with Crippen LogP contribution in [0.1, 0.15) is 5.56 Å². The van der Waals surface area contributed by atoms with E-state index in [4.69, 9.17) is 11.6 Å². The molecule has 2 fully saturated rings. The third-order valence-electron chi connectivity index (χ3n) is 6.53. The number of amides is 4. The summed E-state index contributed by atoms with van der Waals surface area (Å²) in [7, 11) is 1.43. The molecule has 7 nitrogen and oxygen atoms in total. The number of piperazine rings is 1. The Morgan fingerprint density at radius 2 is 1.77 bits per heavy atom. The quantitative estimate of drug-likeness (QED) is 0.711. The fraction of sp³-hybridized carbons (Fsp3) is 0.318. The van der Waals surface area contributed by atoms with Gasteiger partial charge in [-0.15, -0.1) is 0 Å². The van der Waals surface area contributed by atoms with Gasteiger partial charge in [-0.25, -0.2) is 4.79 Å². The summed E-state index contributed by atoms with van der Waals surface area (Å²) in [4.78, 5) is 44.2. The minimum atomic E-state index is -1.36. The molecule has 30 heavy (non-hydrogen) atoms. The van der Waals surface area contributed by atoms with Crippen molar-refractivity contribution in [2.45, 2.75) is 12.5 Å². The smallest absolute Gasteiger partial charge is 0.330 e. The number of fused-ring (bicyclic) bond motifs is 4. The van der Waals surface area contributed by atoms with Gasteiger partial charge in [-0.1, -0.05) is 29.8 Å². The second-order valence-electron chi connectivity index (χ2n) is 8.03. The summed E-state index contributed by atoms with van der Waals surface area (Å²) < 4.78 is 0. The third-order valence-corrected chi connectivity index (χ3v) is 6.78. The van der Waals surface area contributed by atoms with E-state index >= 15 is 0 Å². The first kappa shape index (κ1) is 18.9. The number of hydrogen-bond acceptors (Lipinski definition) is 5. The van der Waals surface area contributed by atoms with Crippen molar-refractivity contribution in [2.24, 2.45) is 5.41 Å². The molecule has 3 aliphatic rings. The molecule has 0 radical (unpaired) electrons. The van der Waals surface area contributed by atoms with E-state index in [1.165, 1.54) is 7.05 Å². The number of urea groups is 1. The molecule has 0 aliphatic carbocycles. The molecular weight excluding hydrogens is 404 g/mol. The van der Waals surface area contributed by atoms with Gasteiger partial charge in [0.15, 0.2) is 5.41 Å². The van der Waals surface area contributed by atoms with Crippen molar-refractivity contribution in [3.05, 3.63) is 59.1 Å². The summed E-state index contributed by atoms with van der Waals surface area (Å²) in [6.45, 7) is 1.88. The standard InChI is InChI=1S/C22H21ClN4O3/c1-25-20(29)22(19(28)24-21(25)30)12-14-4-2-3-5-17(14)27-11-10-26(13-18(22)27)16-8-6-15(23)7-9-16/h2-9,18H,10-13H2,1H3,(H,24,28,30)/t18-,22-/m1/s1. The Bertz CT molecular complexity index is 1060. The van der Waals surface area contributed by atoms with Crippen molar-refractivity contribution in [2.75, 3.05) is 36.5 Å². The van der Waals surface area contributed by atoms with Crippen molar-refractivity contribution in [3.8, 4) is 0 Å². The summed E-state index contributed by atoms with van der Waals surface area (Å²) in [5, 5.41) is 3.07. The maximum atomic E-state index is 13.5. The molecule has 0 unspecified atom stereocenters. The van der Waals surface area contributed by atoms with E-state index in [1.807, 2.05) is 48.5 Å². The highest BCUT2D eigenvalue weighted by molar-refractivity contribution is 6.30. The van der Waals surface area contributed by atoms with E-state index < -0.39 is 29.3 Å². The maximum absolute atomic E-state index is 13.5. The van der Waals surface area contributed by atoms with Crippen LogP contribution in [0.5, 0.6) is 0 Å².